The smallest absolute Gasteiger partial charge is 0.276 e. The van der Waals surface area contributed by atoms with Crippen molar-refractivity contribution in [2.75, 3.05) is 6.54 Å². The summed E-state index contributed by atoms with van der Waals surface area (Å²) in [7, 11) is 0. The van der Waals surface area contributed by atoms with Crippen molar-refractivity contribution in [2.24, 2.45) is 0 Å². The van der Waals surface area contributed by atoms with Crippen LogP contribution in [0.15, 0.2) is 30.0 Å². The summed E-state index contributed by atoms with van der Waals surface area (Å²) in [5, 5.41) is 13.0. The molecule has 1 aromatic carbocycles. The van der Waals surface area contributed by atoms with E-state index in [1.54, 1.807) is 35.2 Å². The fourth-order valence-electron chi connectivity index (χ4n) is 1.86. The molecule has 0 bridgehead atoms. The van der Waals surface area contributed by atoms with Crippen LogP contribution in [0.25, 0.3) is 6.08 Å². The average molecular weight is 276 g/mol. The number of carbonyl (C=O) groups excluding carboxylic acids is 1. The van der Waals surface area contributed by atoms with Crippen molar-refractivity contribution >= 4 is 29.3 Å². The molecule has 0 aromatic heterocycles. The highest BCUT2D eigenvalue weighted by atomic mass is 32.1. The number of nitrogens with zero attached hydrogens (tertiary/aromatic N) is 1. The molecule has 2 N–H and O–H groups in total. The molecule has 0 saturated carbocycles. The number of carbonyl (C=O) groups is 1. The van der Waals surface area contributed by atoms with Gasteiger partial charge in [0.2, 0.25) is 0 Å². The lowest BCUT2D eigenvalue weighted by molar-refractivity contribution is -0.122. The third-order valence-corrected chi connectivity index (χ3v) is 3.26. The van der Waals surface area contributed by atoms with E-state index < -0.39 is 0 Å². The lowest BCUT2D eigenvalue weighted by Gasteiger charge is -2.12. The summed E-state index contributed by atoms with van der Waals surface area (Å²) >= 11 is 5.15. The number of unbranched alkanes of at least 4 members (excludes halogenated alkanes) is 1. The van der Waals surface area contributed by atoms with Crippen LogP contribution in [-0.2, 0) is 4.79 Å². The van der Waals surface area contributed by atoms with E-state index in [1.165, 1.54) is 0 Å². The first-order valence-corrected chi connectivity index (χ1v) is 6.67. The Labute approximate surface area is 117 Å². The highest BCUT2D eigenvalue weighted by molar-refractivity contribution is 7.80. The van der Waals surface area contributed by atoms with Crippen molar-refractivity contribution in [1.82, 2.24) is 10.2 Å². The standard InChI is InChI=1S/C14H16N2O2S/c1-2-3-8-16-13(18)11(15-14(16)19)9-10-6-4-5-7-12(10)17/h4-7,9,17H,2-3,8H2,1H3,(H,15,19). The van der Waals surface area contributed by atoms with Crippen LogP contribution in [0, 0.1) is 0 Å². The molecule has 100 valence electrons. The highest BCUT2D eigenvalue weighted by Gasteiger charge is 2.29. The van der Waals surface area contributed by atoms with Gasteiger partial charge in [0.05, 0.1) is 0 Å². The largest absolute Gasteiger partial charge is 0.507 e. The Morgan fingerprint density at radius 1 is 1.42 bits per heavy atom. The second kappa shape index (κ2) is 5.84. The fraction of sp³-hybridized carbons (Fsp3) is 0.286. The molecular weight excluding hydrogens is 260 g/mol. The van der Waals surface area contributed by atoms with Gasteiger partial charge in [-0.3, -0.25) is 9.69 Å². The van der Waals surface area contributed by atoms with Gasteiger partial charge in [0.15, 0.2) is 5.11 Å². The maximum atomic E-state index is 12.2. The fourth-order valence-corrected chi connectivity index (χ4v) is 2.14. The predicted molar refractivity (Wildman–Crippen MR) is 78.4 cm³/mol. The van der Waals surface area contributed by atoms with E-state index in [-0.39, 0.29) is 11.7 Å². The molecule has 0 unspecified atom stereocenters. The van der Waals surface area contributed by atoms with Crippen LogP contribution in [0.3, 0.4) is 0 Å². The van der Waals surface area contributed by atoms with Crippen molar-refractivity contribution in [3.63, 3.8) is 0 Å². The molecule has 2 rings (SSSR count). The predicted octanol–water partition coefficient (Wildman–Crippen LogP) is 2.25. The summed E-state index contributed by atoms with van der Waals surface area (Å²) in [6.45, 7) is 2.69. The van der Waals surface area contributed by atoms with Crippen LogP contribution in [0.4, 0.5) is 0 Å². The van der Waals surface area contributed by atoms with Gasteiger partial charge in [-0.1, -0.05) is 31.5 Å². The summed E-state index contributed by atoms with van der Waals surface area (Å²) < 4.78 is 0. The summed E-state index contributed by atoms with van der Waals surface area (Å²) in [6, 6.07) is 6.87. The molecule has 1 saturated heterocycles. The van der Waals surface area contributed by atoms with Gasteiger partial charge in [-0.2, -0.15) is 0 Å². The molecule has 1 aliphatic heterocycles. The topological polar surface area (TPSA) is 52.6 Å². The van der Waals surface area contributed by atoms with Gasteiger partial charge in [-0.25, -0.2) is 0 Å². The number of phenols is 1. The molecular formula is C14H16N2O2S. The number of benzene rings is 1. The van der Waals surface area contributed by atoms with Gasteiger partial charge in [0.25, 0.3) is 5.91 Å². The molecule has 0 radical (unpaired) electrons. The van der Waals surface area contributed by atoms with Crippen molar-refractivity contribution < 1.29 is 9.90 Å². The van der Waals surface area contributed by atoms with Crippen molar-refractivity contribution in [1.29, 1.82) is 0 Å². The molecule has 1 fully saturated rings. The molecule has 0 spiro atoms. The van der Waals surface area contributed by atoms with E-state index >= 15 is 0 Å². The van der Waals surface area contributed by atoms with Crippen molar-refractivity contribution in [3.8, 4) is 5.75 Å². The number of hydrogen-bond donors (Lipinski definition) is 2. The molecule has 0 atom stereocenters. The van der Waals surface area contributed by atoms with E-state index in [1.807, 2.05) is 0 Å². The van der Waals surface area contributed by atoms with Crippen molar-refractivity contribution in [3.05, 3.63) is 35.5 Å². The van der Waals surface area contributed by atoms with Gasteiger partial charge in [0, 0.05) is 12.1 Å². The number of thiocarbonyl (C=S) groups is 1. The van der Waals surface area contributed by atoms with Gasteiger partial charge in [0.1, 0.15) is 11.4 Å². The van der Waals surface area contributed by atoms with Gasteiger partial charge in [-0.05, 0) is 30.8 Å². The number of aromatic hydroxyl groups is 1. The van der Waals surface area contributed by atoms with E-state index in [2.05, 4.69) is 12.2 Å². The Bertz CT molecular complexity index is 540. The van der Waals surface area contributed by atoms with Crippen LogP contribution in [-0.4, -0.2) is 27.6 Å². The first kappa shape index (κ1) is 13.5. The quantitative estimate of drug-likeness (QED) is 0.654. The first-order chi connectivity index (χ1) is 9.13. The van der Waals surface area contributed by atoms with Crippen LogP contribution in [0.5, 0.6) is 5.75 Å². The Balaban J connectivity index is 2.21. The minimum Gasteiger partial charge on any atom is -0.507 e. The molecule has 19 heavy (non-hydrogen) atoms. The normalized spacial score (nSPS) is 17.1. The minimum absolute atomic E-state index is 0.137. The van der Waals surface area contributed by atoms with E-state index in [0.29, 0.717) is 22.9 Å². The number of amides is 1. The monoisotopic (exact) mass is 276 g/mol. The van der Waals surface area contributed by atoms with E-state index in [0.717, 1.165) is 12.8 Å². The molecule has 1 heterocycles. The van der Waals surface area contributed by atoms with Crippen LogP contribution < -0.4 is 5.32 Å². The molecule has 4 nitrogen and oxygen atoms in total. The van der Waals surface area contributed by atoms with Gasteiger partial charge in [-0.15, -0.1) is 0 Å². The Hall–Kier alpha value is -1.88. The summed E-state index contributed by atoms with van der Waals surface area (Å²) in [5.41, 5.74) is 1.00. The number of para-hydroxylation sites is 1. The van der Waals surface area contributed by atoms with Crippen LogP contribution in [0.1, 0.15) is 25.3 Å². The zero-order valence-electron chi connectivity index (χ0n) is 10.7. The molecule has 1 aliphatic rings. The maximum Gasteiger partial charge on any atom is 0.276 e. The first-order valence-electron chi connectivity index (χ1n) is 6.26. The summed E-state index contributed by atoms with van der Waals surface area (Å²) in [6.07, 6.45) is 3.54. The highest BCUT2D eigenvalue weighted by Crippen LogP contribution is 2.21. The number of nitrogens with one attached hydrogen (secondary N) is 1. The molecule has 1 aromatic rings. The van der Waals surface area contributed by atoms with Gasteiger partial charge >= 0.3 is 0 Å². The zero-order chi connectivity index (χ0) is 13.8. The Morgan fingerprint density at radius 2 is 2.16 bits per heavy atom. The van der Waals surface area contributed by atoms with E-state index in [9.17, 15) is 9.90 Å². The van der Waals surface area contributed by atoms with E-state index in [4.69, 9.17) is 12.2 Å². The number of phenolic OH excluding ortho intramolecular Hbond substituents is 1. The van der Waals surface area contributed by atoms with Crippen molar-refractivity contribution in [2.45, 2.75) is 19.8 Å². The number of rotatable bonds is 4. The summed E-state index contributed by atoms with van der Waals surface area (Å²) in [4.78, 5) is 13.7. The number of hydrogen-bond acceptors (Lipinski definition) is 3. The third kappa shape index (κ3) is 2.93. The van der Waals surface area contributed by atoms with Gasteiger partial charge < -0.3 is 10.4 Å². The molecule has 0 aliphatic carbocycles. The minimum atomic E-state index is -0.137. The van der Waals surface area contributed by atoms with Crippen LogP contribution >= 0.6 is 12.2 Å². The molecule has 1 amide bonds. The second-order valence-corrected chi connectivity index (χ2v) is 4.74. The lowest BCUT2D eigenvalue weighted by Crippen LogP contribution is -2.31. The average Bonchev–Trinajstić information content (AvgIpc) is 2.65. The lowest BCUT2D eigenvalue weighted by atomic mass is 10.1. The Morgan fingerprint density at radius 3 is 2.84 bits per heavy atom. The second-order valence-electron chi connectivity index (χ2n) is 4.36. The summed E-state index contributed by atoms with van der Waals surface area (Å²) in [5.74, 6) is 0.00392. The zero-order valence-corrected chi connectivity index (χ0v) is 11.5. The molecule has 5 heteroatoms. The SMILES string of the molecule is CCCCN1C(=O)C(=Cc2ccccc2O)NC1=S. The Kier molecular flexibility index (Phi) is 4.16. The maximum absolute atomic E-state index is 12.2. The third-order valence-electron chi connectivity index (χ3n) is 2.93. The van der Waals surface area contributed by atoms with Crippen LogP contribution in [0.2, 0.25) is 0 Å².